The molecule has 1 aromatic rings. The molecule has 20 heavy (non-hydrogen) atoms. The minimum absolute atomic E-state index is 0.172. The van der Waals surface area contributed by atoms with E-state index in [1.54, 1.807) is 11.0 Å². The van der Waals surface area contributed by atoms with Gasteiger partial charge in [0.25, 0.3) is 5.91 Å². The predicted octanol–water partition coefficient (Wildman–Crippen LogP) is 0.928. The van der Waals surface area contributed by atoms with Gasteiger partial charge in [-0.15, -0.1) is 0 Å². The van der Waals surface area contributed by atoms with Crippen LogP contribution in [0.2, 0.25) is 0 Å². The Morgan fingerprint density at radius 3 is 2.95 bits per heavy atom. The molecule has 0 bridgehead atoms. The Kier molecular flexibility index (Phi) is 4.55. The van der Waals surface area contributed by atoms with E-state index in [1.807, 2.05) is 0 Å². The van der Waals surface area contributed by atoms with E-state index in [2.05, 4.69) is 0 Å². The van der Waals surface area contributed by atoms with E-state index >= 15 is 0 Å². The molecule has 6 heteroatoms. The molecule has 0 aromatic heterocycles. The van der Waals surface area contributed by atoms with E-state index in [-0.39, 0.29) is 24.3 Å². The first-order valence-electron chi connectivity index (χ1n) is 6.51. The molecular weight excluding hydrogens is 263 g/mol. The standard InChI is InChI=1S/C14H17FN2O3/c15-11-4-1-5-12(7-11)20-9-13(18)17-6-2-3-10(8-17)14(16)19/h1,4-5,7,10H,2-3,6,8-9H2,(H2,16,19). The van der Waals surface area contributed by atoms with Gasteiger partial charge in [-0.25, -0.2) is 4.39 Å². The molecule has 1 atom stereocenters. The first-order valence-corrected chi connectivity index (χ1v) is 6.51. The summed E-state index contributed by atoms with van der Waals surface area (Å²) in [6.45, 7) is 0.755. The summed E-state index contributed by atoms with van der Waals surface area (Å²) >= 11 is 0. The highest BCUT2D eigenvalue weighted by molar-refractivity contribution is 5.81. The van der Waals surface area contributed by atoms with Gasteiger partial charge in [0.05, 0.1) is 5.92 Å². The van der Waals surface area contributed by atoms with Gasteiger partial charge in [0.1, 0.15) is 11.6 Å². The van der Waals surface area contributed by atoms with Gasteiger partial charge in [0, 0.05) is 19.2 Å². The summed E-state index contributed by atoms with van der Waals surface area (Å²) < 4.78 is 18.2. The Labute approximate surface area is 116 Å². The van der Waals surface area contributed by atoms with Gasteiger partial charge in [-0.05, 0) is 25.0 Å². The molecule has 2 N–H and O–H groups in total. The summed E-state index contributed by atoms with van der Waals surface area (Å²) in [5, 5.41) is 0. The maximum atomic E-state index is 13.0. The quantitative estimate of drug-likeness (QED) is 0.891. The van der Waals surface area contributed by atoms with Gasteiger partial charge in [-0.3, -0.25) is 9.59 Å². The number of carbonyl (C=O) groups excluding carboxylic acids is 2. The second-order valence-electron chi connectivity index (χ2n) is 4.83. The van der Waals surface area contributed by atoms with E-state index in [0.29, 0.717) is 25.3 Å². The van der Waals surface area contributed by atoms with Crippen molar-refractivity contribution in [2.24, 2.45) is 11.7 Å². The van der Waals surface area contributed by atoms with Crippen molar-refractivity contribution in [2.75, 3.05) is 19.7 Å². The third kappa shape index (κ3) is 3.69. The lowest BCUT2D eigenvalue weighted by Crippen LogP contribution is -2.45. The molecule has 2 rings (SSSR count). The summed E-state index contributed by atoms with van der Waals surface area (Å²) in [5.41, 5.74) is 5.26. The summed E-state index contributed by atoms with van der Waals surface area (Å²) in [6.07, 6.45) is 1.46. The molecule has 2 amide bonds. The third-order valence-corrected chi connectivity index (χ3v) is 3.33. The van der Waals surface area contributed by atoms with Gasteiger partial charge in [0.15, 0.2) is 6.61 Å². The zero-order valence-corrected chi connectivity index (χ0v) is 11.0. The number of hydrogen-bond donors (Lipinski definition) is 1. The van der Waals surface area contributed by atoms with Crippen molar-refractivity contribution >= 4 is 11.8 Å². The van der Waals surface area contributed by atoms with Crippen molar-refractivity contribution in [3.8, 4) is 5.75 Å². The van der Waals surface area contributed by atoms with Gasteiger partial charge < -0.3 is 15.4 Å². The number of carbonyl (C=O) groups is 2. The monoisotopic (exact) mass is 280 g/mol. The van der Waals surface area contributed by atoms with Crippen LogP contribution in [-0.4, -0.2) is 36.4 Å². The molecule has 1 aromatic carbocycles. The van der Waals surface area contributed by atoms with Crippen molar-refractivity contribution in [1.82, 2.24) is 4.90 Å². The average Bonchev–Trinajstić information content (AvgIpc) is 2.45. The lowest BCUT2D eigenvalue weighted by atomic mass is 9.97. The molecule has 0 saturated carbocycles. The van der Waals surface area contributed by atoms with Crippen LogP contribution in [0.4, 0.5) is 4.39 Å². The second kappa shape index (κ2) is 6.36. The number of hydrogen-bond acceptors (Lipinski definition) is 3. The van der Waals surface area contributed by atoms with Crippen molar-refractivity contribution in [1.29, 1.82) is 0 Å². The molecule has 1 unspecified atom stereocenters. The van der Waals surface area contributed by atoms with Crippen LogP contribution in [0.3, 0.4) is 0 Å². The summed E-state index contributed by atoms with van der Waals surface area (Å²) in [7, 11) is 0. The molecule has 1 heterocycles. The largest absolute Gasteiger partial charge is 0.484 e. The molecule has 1 aliphatic rings. The molecule has 0 spiro atoms. The number of primary amides is 1. The maximum Gasteiger partial charge on any atom is 0.260 e. The Morgan fingerprint density at radius 1 is 1.45 bits per heavy atom. The fourth-order valence-corrected chi connectivity index (χ4v) is 2.23. The number of benzene rings is 1. The minimum Gasteiger partial charge on any atom is -0.484 e. The van der Waals surface area contributed by atoms with Crippen LogP contribution in [0.1, 0.15) is 12.8 Å². The normalized spacial score (nSPS) is 18.6. The number of nitrogens with zero attached hydrogens (tertiary/aromatic N) is 1. The van der Waals surface area contributed by atoms with E-state index in [1.165, 1.54) is 18.2 Å². The van der Waals surface area contributed by atoms with Crippen LogP contribution >= 0.6 is 0 Å². The number of ether oxygens (including phenoxy) is 1. The topological polar surface area (TPSA) is 72.6 Å². The SMILES string of the molecule is NC(=O)C1CCCN(C(=O)COc2cccc(F)c2)C1. The first kappa shape index (κ1) is 14.3. The fraction of sp³-hybridized carbons (Fsp3) is 0.429. The molecular formula is C14H17FN2O3. The molecule has 1 saturated heterocycles. The number of rotatable bonds is 4. The summed E-state index contributed by atoms with van der Waals surface area (Å²) in [5.74, 6) is -1.00. The molecule has 5 nitrogen and oxygen atoms in total. The van der Waals surface area contributed by atoms with Crippen LogP contribution in [-0.2, 0) is 9.59 Å². The van der Waals surface area contributed by atoms with Crippen LogP contribution in [0.15, 0.2) is 24.3 Å². The molecule has 1 aliphatic heterocycles. The maximum absolute atomic E-state index is 13.0. The van der Waals surface area contributed by atoms with Crippen molar-refractivity contribution in [3.63, 3.8) is 0 Å². The Bertz CT molecular complexity index is 507. The van der Waals surface area contributed by atoms with Gasteiger partial charge in [-0.1, -0.05) is 6.07 Å². The fourth-order valence-electron chi connectivity index (χ4n) is 2.23. The minimum atomic E-state index is -0.415. The van der Waals surface area contributed by atoms with E-state index in [4.69, 9.17) is 10.5 Å². The van der Waals surface area contributed by atoms with Crippen molar-refractivity contribution in [2.45, 2.75) is 12.8 Å². The van der Waals surface area contributed by atoms with Gasteiger partial charge in [-0.2, -0.15) is 0 Å². The Balaban J connectivity index is 1.87. The van der Waals surface area contributed by atoms with Crippen LogP contribution < -0.4 is 10.5 Å². The molecule has 1 fully saturated rings. The molecule has 108 valence electrons. The van der Waals surface area contributed by atoms with Crippen LogP contribution in [0.5, 0.6) is 5.75 Å². The lowest BCUT2D eigenvalue weighted by molar-refractivity contribution is -0.136. The van der Waals surface area contributed by atoms with E-state index in [9.17, 15) is 14.0 Å². The summed E-state index contributed by atoms with van der Waals surface area (Å²) in [4.78, 5) is 24.7. The van der Waals surface area contributed by atoms with Crippen molar-refractivity contribution in [3.05, 3.63) is 30.1 Å². The van der Waals surface area contributed by atoms with Crippen LogP contribution in [0.25, 0.3) is 0 Å². The molecule has 0 aliphatic carbocycles. The number of halogens is 1. The third-order valence-electron chi connectivity index (χ3n) is 3.33. The average molecular weight is 280 g/mol. The van der Waals surface area contributed by atoms with E-state index in [0.717, 1.165) is 6.42 Å². The Hall–Kier alpha value is -2.11. The number of nitrogens with two attached hydrogens (primary N) is 1. The van der Waals surface area contributed by atoms with Gasteiger partial charge >= 0.3 is 0 Å². The van der Waals surface area contributed by atoms with Crippen LogP contribution in [0, 0.1) is 11.7 Å². The zero-order chi connectivity index (χ0) is 14.5. The predicted molar refractivity (Wildman–Crippen MR) is 70.4 cm³/mol. The smallest absolute Gasteiger partial charge is 0.260 e. The highest BCUT2D eigenvalue weighted by atomic mass is 19.1. The summed E-state index contributed by atoms with van der Waals surface area (Å²) in [6, 6.07) is 5.62. The number of piperidine rings is 1. The van der Waals surface area contributed by atoms with E-state index < -0.39 is 5.82 Å². The highest BCUT2D eigenvalue weighted by Gasteiger charge is 2.26. The number of likely N-dealkylation sites (tertiary alicyclic amines) is 1. The van der Waals surface area contributed by atoms with Crippen molar-refractivity contribution < 1.29 is 18.7 Å². The second-order valence-corrected chi connectivity index (χ2v) is 4.83. The van der Waals surface area contributed by atoms with Gasteiger partial charge in [0.2, 0.25) is 5.91 Å². The first-order chi connectivity index (χ1) is 9.56. The lowest BCUT2D eigenvalue weighted by Gasteiger charge is -2.31. The highest BCUT2D eigenvalue weighted by Crippen LogP contribution is 2.17. The number of amides is 2. The zero-order valence-electron chi connectivity index (χ0n) is 11.0. The Morgan fingerprint density at radius 2 is 2.25 bits per heavy atom. The molecule has 0 radical (unpaired) electrons.